The van der Waals surface area contributed by atoms with Crippen molar-refractivity contribution in [3.63, 3.8) is 0 Å². The largest absolute Gasteiger partial charge is 0.325 e. The van der Waals surface area contributed by atoms with E-state index in [1.54, 1.807) is 4.80 Å². The third kappa shape index (κ3) is 1.61. The molecule has 3 fully saturated rings. The molecule has 98 valence electrons. The highest BCUT2D eigenvalue weighted by molar-refractivity contribution is 9.10. The van der Waals surface area contributed by atoms with Gasteiger partial charge in [0.2, 0.25) is 0 Å². The number of rotatable bonds is 2. The molecule has 0 unspecified atom stereocenters. The van der Waals surface area contributed by atoms with Crippen molar-refractivity contribution in [2.24, 2.45) is 5.73 Å². The van der Waals surface area contributed by atoms with Crippen LogP contribution in [0.3, 0.4) is 0 Å². The highest BCUT2D eigenvalue weighted by atomic mass is 79.9. The van der Waals surface area contributed by atoms with Crippen LogP contribution in [0.25, 0.3) is 5.69 Å². The molecule has 1 aromatic heterocycles. The fourth-order valence-corrected chi connectivity index (χ4v) is 4.20. The zero-order valence-electron chi connectivity index (χ0n) is 10.1. The van der Waals surface area contributed by atoms with E-state index in [4.69, 9.17) is 17.3 Å². The van der Waals surface area contributed by atoms with Crippen molar-refractivity contribution in [3.8, 4) is 5.69 Å². The first-order valence-corrected chi connectivity index (χ1v) is 7.35. The molecule has 0 spiro atoms. The Balaban J connectivity index is 1.71. The lowest BCUT2D eigenvalue weighted by Crippen LogP contribution is -2.74. The van der Waals surface area contributed by atoms with Crippen molar-refractivity contribution < 1.29 is 0 Å². The number of hydrogen-bond donors (Lipinski definition) is 1. The third-order valence-electron chi connectivity index (χ3n) is 4.20. The number of hydrogen-bond acceptors (Lipinski definition) is 3. The lowest BCUT2D eigenvalue weighted by Gasteiger charge is -2.68. The summed E-state index contributed by atoms with van der Waals surface area (Å²) >= 11 is 9.41. The second kappa shape index (κ2) is 3.59. The van der Waals surface area contributed by atoms with Crippen LogP contribution in [0.4, 0.5) is 0 Å². The van der Waals surface area contributed by atoms with Crippen molar-refractivity contribution >= 4 is 27.5 Å². The molecular weight excluding hydrogens is 328 g/mol. The van der Waals surface area contributed by atoms with E-state index in [1.807, 2.05) is 24.3 Å². The molecular formula is C13H12BrClN4. The van der Waals surface area contributed by atoms with Crippen molar-refractivity contribution in [1.82, 2.24) is 15.0 Å². The van der Waals surface area contributed by atoms with Gasteiger partial charge in [0.05, 0.1) is 5.69 Å². The molecule has 3 aliphatic rings. The van der Waals surface area contributed by atoms with Crippen LogP contribution in [-0.4, -0.2) is 20.5 Å². The second-order valence-electron chi connectivity index (χ2n) is 5.78. The van der Waals surface area contributed by atoms with Crippen LogP contribution in [0, 0.1) is 0 Å². The maximum absolute atomic E-state index is 6.11. The quantitative estimate of drug-likeness (QED) is 0.915. The number of nitrogens with two attached hydrogens (primary N) is 1. The van der Waals surface area contributed by atoms with Gasteiger partial charge in [-0.15, -0.1) is 5.10 Å². The van der Waals surface area contributed by atoms with E-state index in [0.29, 0.717) is 5.02 Å². The summed E-state index contributed by atoms with van der Waals surface area (Å²) in [6, 6.07) is 7.49. The van der Waals surface area contributed by atoms with Crippen LogP contribution < -0.4 is 5.73 Å². The van der Waals surface area contributed by atoms with Crippen LogP contribution in [-0.2, 0) is 5.41 Å². The Bertz CT molecular complexity index is 644. The van der Waals surface area contributed by atoms with E-state index in [-0.39, 0.29) is 11.0 Å². The average Bonchev–Trinajstić information content (AvgIpc) is 2.67. The molecule has 19 heavy (non-hydrogen) atoms. The smallest absolute Gasteiger partial charge is 0.152 e. The van der Waals surface area contributed by atoms with Crippen LogP contribution in [0.5, 0.6) is 0 Å². The van der Waals surface area contributed by atoms with Gasteiger partial charge in [0.15, 0.2) is 4.60 Å². The maximum atomic E-state index is 6.11. The molecule has 2 aromatic rings. The zero-order chi connectivity index (χ0) is 13.3. The van der Waals surface area contributed by atoms with E-state index >= 15 is 0 Å². The lowest BCUT2D eigenvalue weighted by molar-refractivity contribution is -0.0627. The van der Waals surface area contributed by atoms with Crippen molar-refractivity contribution in [3.05, 3.63) is 39.6 Å². The van der Waals surface area contributed by atoms with E-state index in [1.165, 1.54) is 0 Å². The number of nitrogens with zero attached hydrogens (tertiary/aromatic N) is 3. The molecule has 0 amide bonds. The summed E-state index contributed by atoms with van der Waals surface area (Å²) in [6.07, 6.45) is 3.08. The van der Waals surface area contributed by atoms with E-state index in [2.05, 4.69) is 26.1 Å². The average molecular weight is 340 g/mol. The Kier molecular flexibility index (Phi) is 2.25. The van der Waals surface area contributed by atoms with Gasteiger partial charge < -0.3 is 5.73 Å². The molecule has 4 nitrogen and oxygen atoms in total. The van der Waals surface area contributed by atoms with Gasteiger partial charge in [0.25, 0.3) is 0 Å². The Hall–Kier alpha value is -0.910. The summed E-state index contributed by atoms with van der Waals surface area (Å²) in [5.74, 6) is 0. The highest BCUT2D eigenvalue weighted by Gasteiger charge is 2.68. The second-order valence-corrected chi connectivity index (χ2v) is 6.97. The van der Waals surface area contributed by atoms with Crippen LogP contribution >= 0.6 is 27.5 Å². The Morgan fingerprint density at radius 2 is 1.79 bits per heavy atom. The first kappa shape index (κ1) is 11.9. The standard InChI is InChI=1S/C13H12BrClN4/c14-11-10(12-5-13(16,6-12)7-12)17-19(18-11)9-3-1-8(15)2-4-9/h1-4H,5-7,16H2. The summed E-state index contributed by atoms with van der Waals surface area (Å²) in [4.78, 5) is 1.65. The molecule has 3 saturated carbocycles. The van der Waals surface area contributed by atoms with Crippen molar-refractivity contribution in [1.29, 1.82) is 0 Å². The Morgan fingerprint density at radius 3 is 2.37 bits per heavy atom. The first-order chi connectivity index (χ1) is 9.00. The zero-order valence-corrected chi connectivity index (χ0v) is 12.4. The minimum atomic E-state index is 0.0729. The summed E-state index contributed by atoms with van der Waals surface area (Å²) in [5, 5.41) is 9.78. The first-order valence-electron chi connectivity index (χ1n) is 6.18. The number of benzene rings is 1. The molecule has 6 heteroatoms. The topological polar surface area (TPSA) is 56.7 Å². The summed E-state index contributed by atoms with van der Waals surface area (Å²) < 4.78 is 0.823. The van der Waals surface area contributed by atoms with Gasteiger partial charge in [-0.1, -0.05) is 11.6 Å². The maximum Gasteiger partial charge on any atom is 0.152 e. The van der Waals surface area contributed by atoms with Crippen LogP contribution in [0.2, 0.25) is 5.02 Å². The molecule has 0 radical (unpaired) electrons. The van der Waals surface area contributed by atoms with Gasteiger partial charge >= 0.3 is 0 Å². The number of halogens is 2. The van der Waals surface area contributed by atoms with Gasteiger partial charge in [-0.05, 0) is 59.5 Å². The third-order valence-corrected chi connectivity index (χ3v) is 4.99. The summed E-state index contributed by atoms with van der Waals surface area (Å²) in [7, 11) is 0. The van der Waals surface area contributed by atoms with Gasteiger partial charge in [-0.25, -0.2) is 0 Å². The molecule has 1 aromatic carbocycles. The minimum Gasteiger partial charge on any atom is -0.325 e. The molecule has 0 saturated heterocycles. The molecule has 2 N–H and O–H groups in total. The van der Waals surface area contributed by atoms with E-state index < -0.39 is 0 Å². The Labute approximate surface area is 124 Å². The van der Waals surface area contributed by atoms with Crippen LogP contribution in [0.15, 0.2) is 28.9 Å². The normalized spacial score (nSPS) is 31.7. The monoisotopic (exact) mass is 338 g/mol. The van der Waals surface area contributed by atoms with Gasteiger partial charge in [-0.2, -0.15) is 9.90 Å². The van der Waals surface area contributed by atoms with Gasteiger partial charge in [0, 0.05) is 16.0 Å². The minimum absolute atomic E-state index is 0.0729. The molecule has 0 atom stereocenters. The summed E-state index contributed by atoms with van der Waals surface area (Å²) in [5.41, 5.74) is 8.29. The molecule has 5 rings (SSSR count). The lowest BCUT2D eigenvalue weighted by atomic mass is 9.39. The fraction of sp³-hybridized carbons (Fsp3) is 0.385. The van der Waals surface area contributed by atoms with Crippen LogP contribution in [0.1, 0.15) is 25.0 Å². The highest BCUT2D eigenvalue weighted by Crippen LogP contribution is 2.66. The van der Waals surface area contributed by atoms with E-state index in [0.717, 1.165) is 35.2 Å². The SMILES string of the molecule is NC12CC(c3nn(-c4ccc(Cl)cc4)nc3Br)(C1)C2. The predicted octanol–water partition coefficient (Wildman–Crippen LogP) is 2.82. The molecule has 1 heterocycles. The predicted molar refractivity (Wildman–Crippen MR) is 76.5 cm³/mol. The van der Waals surface area contributed by atoms with Crippen molar-refractivity contribution in [2.75, 3.05) is 0 Å². The molecule has 0 aliphatic heterocycles. The Morgan fingerprint density at radius 1 is 1.16 bits per heavy atom. The number of aromatic nitrogens is 3. The fourth-order valence-electron chi connectivity index (χ4n) is 3.42. The van der Waals surface area contributed by atoms with E-state index in [9.17, 15) is 0 Å². The molecule has 2 bridgehead atoms. The van der Waals surface area contributed by atoms with Gasteiger partial charge in [-0.3, -0.25) is 0 Å². The van der Waals surface area contributed by atoms with Crippen molar-refractivity contribution in [2.45, 2.75) is 30.2 Å². The van der Waals surface area contributed by atoms with Gasteiger partial charge in [0.1, 0.15) is 5.69 Å². The summed E-state index contributed by atoms with van der Waals surface area (Å²) in [6.45, 7) is 0. The molecule has 3 aliphatic carbocycles.